The van der Waals surface area contributed by atoms with E-state index in [9.17, 15) is 14.9 Å². The minimum Gasteiger partial charge on any atom is -0.495 e. The van der Waals surface area contributed by atoms with Gasteiger partial charge < -0.3 is 14.5 Å². The molecule has 2 aromatic carbocycles. The lowest BCUT2D eigenvalue weighted by Crippen LogP contribution is -2.47. The van der Waals surface area contributed by atoms with E-state index in [0.29, 0.717) is 24.4 Å². The lowest BCUT2D eigenvalue weighted by Gasteiger charge is -2.38. The highest BCUT2D eigenvalue weighted by Gasteiger charge is 2.23. The number of ether oxygens (including phenoxy) is 1. The van der Waals surface area contributed by atoms with Crippen molar-refractivity contribution in [3.63, 3.8) is 0 Å². The van der Waals surface area contributed by atoms with E-state index in [4.69, 9.17) is 4.74 Å². The van der Waals surface area contributed by atoms with Gasteiger partial charge >= 0.3 is 0 Å². The maximum absolute atomic E-state index is 11.2. The van der Waals surface area contributed by atoms with Gasteiger partial charge in [0.05, 0.1) is 17.7 Å². The van der Waals surface area contributed by atoms with E-state index >= 15 is 0 Å². The van der Waals surface area contributed by atoms with E-state index in [-0.39, 0.29) is 5.69 Å². The van der Waals surface area contributed by atoms with Crippen LogP contribution in [0.4, 0.5) is 17.1 Å². The minimum absolute atomic E-state index is 0.0459. The third-order valence-electron chi connectivity index (χ3n) is 4.40. The predicted octanol–water partition coefficient (Wildman–Crippen LogP) is 2.74. The fourth-order valence-corrected chi connectivity index (χ4v) is 3.10. The van der Waals surface area contributed by atoms with E-state index in [1.54, 1.807) is 25.3 Å². The Morgan fingerprint density at radius 1 is 1.04 bits per heavy atom. The molecule has 1 saturated heterocycles. The maximum atomic E-state index is 11.2. The average molecular weight is 341 g/mol. The van der Waals surface area contributed by atoms with Crippen LogP contribution in [-0.4, -0.2) is 44.5 Å². The van der Waals surface area contributed by atoms with Crippen LogP contribution in [0.15, 0.2) is 42.5 Å². The maximum Gasteiger partial charge on any atom is 0.271 e. The molecule has 0 saturated carbocycles. The summed E-state index contributed by atoms with van der Waals surface area (Å²) >= 11 is 0. The monoisotopic (exact) mass is 341 g/mol. The Bertz CT molecular complexity index is 786. The Kier molecular flexibility index (Phi) is 4.83. The summed E-state index contributed by atoms with van der Waals surface area (Å²) in [6.45, 7) is 2.81. The van der Waals surface area contributed by atoms with Crippen molar-refractivity contribution in [3.8, 4) is 5.75 Å². The van der Waals surface area contributed by atoms with Crippen LogP contribution < -0.4 is 14.5 Å². The molecule has 1 aliphatic heterocycles. The highest BCUT2D eigenvalue weighted by molar-refractivity contribution is 5.84. The van der Waals surface area contributed by atoms with Crippen LogP contribution in [0.3, 0.4) is 0 Å². The number of hydrogen-bond donors (Lipinski definition) is 0. The zero-order valence-corrected chi connectivity index (χ0v) is 13.9. The van der Waals surface area contributed by atoms with Crippen LogP contribution in [0.2, 0.25) is 0 Å². The summed E-state index contributed by atoms with van der Waals surface area (Å²) in [6.07, 6.45) is 0.866. The summed E-state index contributed by atoms with van der Waals surface area (Å²) in [5.74, 6) is 0.618. The first-order chi connectivity index (χ1) is 12.1. The van der Waals surface area contributed by atoms with Gasteiger partial charge in [0.25, 0.3) is 5.69 Å². The van der Waals surface area contributed by atoms with Gasteiger partial charge in [-0.1, -0.05) is 12.1 Å². The summed E-state index contributed by atoms with van der Waals surface area (Å²) in [5, 5.41) is 11.0. The first kappa shape index (κ1) is 16.8. The molecule has 2 aromatic rings. The molecule has 1 aliphatic rings. The molecule has 7 nitrogen and oxygen atoms in total. The number of nitro groups is 1. The SMILES string of the molecule is COc1ccc([N+](=O)[O-])cc1N1CCN(c2ccccc2C=O)CC1. The van der Waals surface area contributed by atoms with Crippen LogP contribution in [0.25, 0.3) is 0 Å². The number of rotatable bonds is 5. The van der Waals surface area contributed by atoms with E-state index in [0.717, 1.165) is 30.8 Å². The molecule has 0 radical (unpaired) electrons. The normalized spacial score (nSPS) is 14.3. The van der Waals surface area contributed by atoms with Crippen LogP contribution in [-0.2, 0) is 0 Å². The Morgan fingerprint density at radius 3 is 2.28 bits per heavy atom. The van der Waals surface area contributed by atoms with Gasteiger partial charge in [0.15, 0.2) is 6.29 Å². The van der Waals surface area contributed by atoms with Crippen molar-refractivity contribution < 1.29 is 14.5 Å². The second-order valence-corrected chi connectivity index (χ2v) is 5.76. The first-order valence-electron chi connectivity index (χ1n) is 8.00. The Labute approximate surface area is 145 Å². The molecule has 1 fully saturated rings. The molecule has 0 unspecified atom stereocenters. The largest absolute Gasteiger partial charge is 0.495 e. The lowest BCUT2D eigenvalue weighted by molar-refractivity contribution is -0.384. The third kappa shape index (κ3) is 3.40. The van der Waals surface area contributed by atoms with Crippen molar-refractivity contribution >= 4 is 23.3 Å². The zero-order valence-electron chi connectivity index (χ0n) is 13.9. The van der Waals surface area contributed by atoms with Crippen molar-refractivity contribution in [2.45, 2.75) is 0 Å². The van der Waals surface area contributed by atoms with Gasteiger partial charge in [-0.3, -0.25) is 14.9 Å². The number of nitrogens with zero attached hydrogens (tertiary/aromatic N) is 3. The molecule has 0 aliphatic carbocycles. The van der Waals surface area contributed by atoms with Crippen molar-refractivity contribution in [3.05, 3.63) is 58.1 Å². The second-order valence-electron chi connectivity index (χ2n) is 5.76. The highest BCUT2D eigenvalue weighted by Crippen LogP contribution is 2.33. The third-order valence-corrected chi connectivity index (χ3v) is 4.40. The van der Waals surface area contributed by atoms with Gasteiger partial charge in [0.2, 0.25) is 0 Å². The molecule has 0 aromatic heterocycles. The molecule has 1 heterocycles. The molecule has 0 bridgehead atoms. The topological polar surface area (TPSA) is 75.9 Å². The number of hydrogen-bond acceptors (Lipinski definition) is 6. The number of non-ortho nitro benzene ring substituents is 1. The molecule has 0 N–H and O–H groups in total. The zero-order chi connectivity index (χ0) is 17.8. The number of piperazine rings is 1. The van der Waals surface area contributed by atoms with E-state index in [1.165, 1.54) is 6.07 Å². The summed E-state index contributed by atoms with van der Waals surface area (Å²) < 4.78 is 5.36. The van der Waals surface area contributed by atoms with Gasteiger partial charge in [-0.25, -0.2) is 0 Å². The fraction of sp³-hybridized carbons (Fsp3) is 0.278. The molecule has 0 amide bonds. The van der Waals surface area contributed by atoms with Gasteiger partial charge in [-0.2, -0.15) is 0 Å². The van der Waals surface area contributed by atoms with Crippen LogP contribution in [0.1, 0.15) is 10.4 Å². The number of anilines is 2. The quantitative estimate of drug-likeness (QED) is 0.473. The molecule has 25 heavy (non-hydrogen) atoms. The summed E-state index contributed by atoms with van der Waals surface area (Å²) in [5.41, 5.74) is 2.36. The molecular weight excluding hydrogens is 322 g/mol. The van der Waals surface area contributed by atoms with Crippen molar-refractivity contribution in [2.75, 3.05) is 43.1 Å². The fourth-order valence-electron chi connectivity index (χ4n) is 3.10. The average Bonchev–Trinajstić information content (AvgIpc) is 2.67. The predicted molar refractivity (Wildman–Crippen MR) is 95.9 cm³/mol. The Morgan fingerprint density at radius 2 is 1.68 bits per heavy atom. The number of carbonyl (C=O) groups excluding carboxylic acids is 1. The smallest absolute Gasteiger partial charge is 0.271 e. The van der Waals surface area contributed by atoms with Gasteiger partial charge in [0, 0.05) is 49.6 Å². The number of carbonyl (C=O) groups is 1. The molecule has 0 atom stereocenters. The van der Waals surface area contributed by atoms with Crippen LogP contribution in [0.5, 0.6) is 5.75 Å². The van der Waals surface area contributed by atoms with Gasteiger partial charge in [0.1, 0.15) is 5.75 Å². The van der Waals surface area contributed by atoms with E-state index < -0.39 is 4.92 Å². The molecule has 7 heteroatoms. The minimum atomic E-state index is -0.403. The summed E-state index contributed by atoms with van der Waals surface area (Å²) in [6, 6.07) is 12.1. The number of aldehydes is 1. The number of benzene rings is 2. The first-order valence-corrected chi connectivity index (χ1v) is 8.00. The lowest BCUT2D eigenvalue weighted by atomic mass is 10.1. The van der Waals surface area contributed by atoms with Crippen molar-refractivity contribution in [1.29, 1.82) is 0 Å². The number of methoxy groups -OCH3 is 1. The summed E-state index contributed by atoms with van der Waals surface area (Å²) in [4.78, 5) is 26.1. The Hall–Kier alpha value is -3.09. The molecular formula is C18H19N3O4. The van der Waals surface area contributed by atoms with E-state index in [1.807, 2.05) is 18.2 Å². The standard InChI is InChI=1S/C18H19N3O4/c1-25-18-7-6-15(21(23)24)12-17(18)20-10-8-19(9-11-20)16-5-3-2-4-14(16)13-22/h2-7,12-13H,8-11H2,1H3. The highest BCUT2D eigenvalue weighted by atomic mass is 16.6. The molecule has 130 valence electrons. The number of nitro benzene ring substituents is 1. The van der Waals surface area contributed by atoms with Crippen LogP contribution >= 0.6 is 0 Å². The van der Waals surface area contributed by atoms with Crippen LogP contribution in [0, 0.1) is 10.1 Å². The number of para-hydroxylation sites is 1. The second kappa shape index (κ2) is 7.21. The summed E-state index contributed by atoms with van der Waals surface area (Å²) in [7, 11) is 1.56. The van der Waals surface area contributed by atoms with E-state index in [2.05, 4.69) is 9.80 Å². The molecule has 3 rings (SSSR count). The molecule has 0 spiro atoms. The van der Waals surface area contributed by atoms with Crippen molar-refractivity contribution in [1.82, 2.24) is 0 Å². The van der Waals surface area contributed by atoms with Crippen molar-refractivity contribution in [2.24, 2.45) is 0 Å². The van der Waals surface area contributed by atoms with Gasteiger partial charge in [-0.15, -0.1) is 0 Å². The van der Waals surface area contributed by atoms with Gasteiger partial charge in [-0.05, 0) is 18.2 Å². The Balaban J connectivity index is 1.79.